The monoisotopic (exact) mass is 656 g/mol. The zero-order valence-electron chi connectivity index (χ0n) is 28.5. The molecule has 252 valence electrons. The van der Waals surface area contributed by atoms with Crippen molar-refractivity contribution < 1.29 is 14.7 Å². The number of fused-ring (bicyclic) bond motifs is 7. The highest BCUT2D eigenvalue weighted by atomic mass is 16.4. The van der Waals surface area contributed by atoms with E-state index in [2.05, 4.69) is 63.5 Å². The number of rotatable bonds is 6. The van der Waals surface area contributed by atoms with Crippen molar-refractivity contribution in [2.24, 2.45) is 0 Å². The number of amides is 1. The lowest BCUT2D eigenvalue weighted by atomic mass is 9.81. The first-order chi connectivity index (χ1) is 23.9. The van der Waals surface area contributed by atoms with Crippen LogP contribution in [0.15, 0.2) is 60.8 Å². The second-order valence-electron chi connectivity index (χ2n) is 14.0. The fourth-order valence-electron chi connectivity index (χ4n) is 8.44. The van der Waals surface area contributed by atoms with Gasteiger partial charge in [0.25, 0.3) is 0 Å². The predicted octanol–water partition coefficient (Wildman–Crippen LogP) is 6.96. The number of carboxylic acid groups (broad SMARTS) is 1. The van der Waals surface area contributed by atoms with Crippen molar-refractivity contribution in [2.75, 3.05) is 50.7 Å². The van der Waals surface area contributed by atoms with Gasteiger partial charge >= 0.3 is 5.97 Å². The molecule has 2 aliphatic heterocycles. The number of hydrogen-bond acceptors (Lipinski definition) is 6. The average molecular weight is 657 g/mol. The van der Waals surface area contributed by atoms with Crippen molar-refractivity contribution >= 4 is 39.4 Å². The minimum atomic E-state index is -0.919. The van der Waals surface area contributed by atoms with Crippen molar-refractivity contribution in [3.63, 3.8) is 0 Å². The molecule has 3 aliphatic rings. The number of likely N-dealkylation sites (N-methyl/N-ethyl adjacent to an activating group) is 1. The molecule has 0 unspecified atom stereocenters. The number of carbonyl (C=O) groups is 2. The number of carboxylic acids is 1. The zero-order chi connectivity index (χ0) is 33.6. The Morgan fingerprint density at radius 1 is 0.857 bits per heavy atom. The van der Waals surface area contributed by atoms with Gasteiger partial charge in [0.05, 0.1) is 40.4 Å². The van der Waals surface area contributed by atoms with E-state index < -0.39 is 5.97 Å². The first-order valence-electron chi connectivity index (χ1n) is 17.9. The third-order valence-corrected chi connectivity index (χ3v) is 11.0. The smallest absolute Gasteiger partial charge is 0.335 e. The van der Waals surface area contributed by atoms with Gasteiger partial charge in [-0.25, -0.2) is 9.78 Å². The number of nitrogens with zero attached hydrogens (tertiary/aromatic N) is 6. The molecule has 0 radical (unpaired) electrons. The number of hydrogen-bond donors (Lipinski definition) is 1. The number of anilines is 1. The normalized spacial score (nSPS) is 17.3. The highest BCUT2D eigenvalue weighted by Crippen LogP contribution is 2.49. The van der Waals surface area contributed by atoms with Gasteiger partial charge in [-0.05, 0) is 91.9 Å². The van der Waals surface area contributed by atoms with Crippen LogP contribution in [0.3, 0.4) is 0 Å². The maximum absolute atomic E-state index is 14.0. The van der Waals surface area contributed by atoms with E-state index in [1.165, 1.54) is 24.8 Å². The SMILES string of the molecule is CCN1CCN(C(=O)CN2CCn3c(c(C4CCCCC4)c4ccc(C(=O)O)cc43)-c3ccc4nc(-c5cc(C)ccn5)ccc4c32)CC1. The Balaban J connectivity index is 1.31. The zero-order valence-corrected chi connectivity index (χ0v) is 28.5. The topological polar surface area (TPSA) is 94.8 Å². The van der Waals surface area contributed by atoms with E-state index in [4.69, 9.17) is 4.98 Å². The van der Waals surface area contributed by atoms with Gasteiger partial charge in [0.1, 0.15) is 0 Å². The lowest BCUT2D eigenvalue weighted by molar-refractivity contribution is -0.131. The van der Waals surface area contributed by atoms with E-state index in [9.17, 15) is 14.7 Å². The molecule has 5 aromatic rings. The Labute approximate surface area is 287 Å². The van der Waals surface area contributed by atoms with Crippen LogP contribution >= 0.6 is 0 Å². The summed E-state index contributed by atoms with van der Waals surface area (Å²) in [5.74, 6) is -0.385. The van der Waals surface area contributed by atoms with Gasteiger partial charge in [-0.2, -0.15) is 0 Å². The van der Waals surface area contributed by atoms with E-state index in [0.717, 1.165) is 101 Å². The van der Waals surface area contributed by atoms with Crippen LogP contribution in [0.2, 0.25) is 0 Å². The van der Waals surface area contributed by atoms with Gasteiger partial charge < -0.3 is 24.4 Å². The van der Waals surface area contributed by atoms with Gasteiger partial charge in [0, 0.05) is 67.3 Å². The standard InChI is InChI=1S/C40H44N6O3/c1-3-43-17-19-44(20-18-43)36(47)25-45-21-22-46-35-24-28(40(48)49)9-10-30(35)37(27-7-5-4-6-8-27)39(46)31-12-13-32-29(38(31)45)11-14-33(42-32)34-23-26(2)15-16-41-34/h9-16,23-24,27H,3-8,17-22,25H2,1-2H3,(H,48,49). The fraction of sp³-hybridized carbons (Fsp3) is 0.400. The van der Waals surface area contributed by atoms with E-state index >= 15 is 0 Å². The number of pyridine rings is 2. The predicted molar refractivity (Wildman–Crippen MR) is 194 cm³/mol. The fourth-order valence-corrected chi connectivity index (χ4v) is 8.44. The van der Waals surface area contributed by atoms with Crippen molar-refractivity contribution in [1.29, 1.82) is 0 Å². The third-order valence-electron chi connectivity index (χ3n) is 11.0. The lowest BCUT2D eigenvalue weighted by Gasteiger charge is -2.36. The highest BCUT2D eigenvalue weighted by Gasteiger charge is 2.33. The summed E-state index contributed by atoms with van der Waals surface area (Å²) in [5.41, 5.74) is 9.52. The molecule has 2 fully saturated rings. The molecule has 9 heteroatoms. The van der Waals surface area contributed by atoms with Crippen LogP contribution in [-0.4, -0.2) is 87.1 Å². The van der Waals surface area contributed by atoms with Crippen LogP contribution in [0.1, 0.15) is 66.4 Å². The summed E-state index contributed by atoms with van der Waals surface area (Å²) in [6, 6.07) is 18.2. The number of piperazine rings is 1. The Hall–Kier alpha value is -4.76. The minimum absolute atomic E-state index is 0.143. The molecular weight excluding hydrogens is 612 g/mol. The number of aromatic carboxylic acids is 1. The summed E-state index contributed by atoms with van der Waals surface area (Å²) < 4.78 is 2.35. The first-order valence-corrected chi connectivity index (χ1v) is 17.9. The maximum Gasteiger partial charge on any atom is 0.335 e. The van der Waals surface area contributed by atoms with Crippen molar-refractivity contribution in [3.05, 3.63) is 77.5 Å². The van der Waals surface area contributed by atoms with Crippen LogP contribution in [0.4, 0.5) is 5.69 Å². The average Bonchev–Trinajstić information content (AvgIpc) is 3.37. The summed E-state index contributed by atoms with van der Waals surface area (Å²) >= 11 is 0. The van der Waals surface area contributed by atoms with Crippen LogP contribution in [-0.2, 0) is 11.3 Å². The second-order valence-corrected chi connectivity index (χ2v) is 14.0. The third kappa shape index (κ3) is 5.73. The molecule has 0 bridgehead atoms. The van der Waals surface area contributed by atoms with E-state index in [1.54, 1.807) is 6.07 Å². The Morgan fingerprint density at radius 2 is 1.65 bits per heavy atom. The number of aromatic nitrogens is 3. The summed E-state index contributed by atoms with van der Waals surface area (Å²) in [6.07, 6.45) is 7.70. The molecule has 2 aromatic carbocycles. The largest absolute Gasteiger partial charge is 0.478 e. The number of carbonyl (C=O) groups excluding carboxylic acids is 1. The van der Waals surface area contributed by atoms with Gasteiger partial charge in [-0.15, -0.1) is 0 Å². The maximum atomic E-state index is 14.0. The molecule has 3 aromatic heterocycles. The molecule has 1 N–H and O–H groups in total. The number of aryl methyl sites for hydroxylation is 1. The summed E-state index contributed by atoms with van der Waals surface area (Å²) in [4.78, 5) is 42.6. The summed E-state index contributed by atoms with van der Waals surface area (Å²) in [7, 11) is 0. The quantitative estimate of drug-likeness (QED) is 0.211. The van der Waals surface area contributed by atoms with Crippen LogP contribution in [0, 0.1) is 6.92 Å². The highest BCUT2D eigenvalue weighted by molar-refractivity contribution is 6.06. The van der Waals surface area contributed by atoms with E-state index in [1.807, 2.05) is 29.3 Å². The van der Waals surface area contributed by atoms with Gasteiger partial charge in [-0.1, -0.05) is 32.3 Å². The summed E-state index contributed by atoms with van der Waals surface area (Å²) in [6.45, 7) is 10.1. The van der Waals surface area contributed by atoms with Crippen LogP contribution in [0.25, 0.3) is 44.5 Å². The Morgan fingerprint density at radius 3 is 2.41 bits per heavy atom. The van der Waals surface area contributed by atoms with Crippen molar-refractivity contribution in [2.45, 2.75) is 58.4 Å². The molecule has 0 atom stereocenters. The van der Waals surface area contributed by atoms with Gasteiger partial charge in [0.2, 0.25) is 5.91 Å². The van der Waals surface area contributed by atoms with Crippen LogP contribution < -0.4 is 4.90 Å². The van der Waals surface area contributed by atoms with Crippen molar-refractivity contribution in [3.8, 4) is 22.6 Å². The second kappa shape index (κ2) is 12.9. The Kier molecular flexibility index (Phi) is 8.31. The molecule has 1 saturated heterocycles. The van der Waals surface area contributed by atoms with Crippen LogP contribution in [0.5, 0.6) is 0 Å². The minimum Gasteiger partial charge on any atom is -0.478 e. The molecule has 0 spiro atoms. The summed E-state index contributed by atoms with van der Waals surface area (Å²) in [5, 5.41) is 12.1. The molecule has 49 heavy (non-hydrogen) atoms. The van der Waals surface area contributed by atoms with E-state index in [-0.39, 0.29) is 12.5 Å². The van der Waals surface area contributed by atoms with Gasteiger partial charge in [-0.3, -0.25) is 9.78 Å². The lowest BCUT2D eigenvalue weighted by Crippen LogP contribution is -2.51. The molecule has 1 saturated carbocycles. The molecule has 5 heterocycles. The molecule has 1 amide bonds. The first kappa shape index (κ1) is 31.5. The Bertz CT molecular complexity index is 2070. The molecule has 8 rings (SSSR count). The molecule has 9 nitrogen and oxygen atoms in total. The number of benzene rings is 2. The molecular formula is C40H44N6O3. The van der Waals surface area contributed by atoms with Gasteiger partial charge in [0.15, 0.2) is 0 Å². The van der Waals surface area contributed by atoms with E-state index in [0.29, 0.717) is 24.6 Å². The molecule has 1 aliphatic carbocycles. The van der Waals surface area contributed by atoms with Crippen molar-refractivity contribution in [1.82, 2.24) is 24.3 Å².